The summed E-state index contributed by atoms with van der Waals surface area (Å²) in [7, 11) is 0. The van der Waals surface area contributed by atoms with Gasteiger partial charge in [-0.3, -0.25) is 0 Å². The first-order valence-electron chi connectivity index (χ1n) is 8.33. The van der Waals surface area contributed by atoms with Gasteiger partial charge >= 0.3 is 0 Å². The Morgan fingerprint density at radius 3 is 2.65 bits per heavy atom. The van der Waals surface area contributed by atoms with Gasteiger partial charge in [-0.1, -0.05) is 43.2 Å². The number of ether oxygens (including phenoxy) is 1. The van der Waals surface area contributed by atoms with E-state index >= 15 is 0 Å². The highest BCUT2D eigenvalue weighted by atomic mass is 16.5. The zero-order valence-corrected chi connectivity index (χ0v) is 12.4. The van der Waals surface area contributed by atoms with Crippen LogP contribution in [-0.2, 0) is 4.74 Å². The highest BCUT2D eigenvalue weighted by Crippen LogP contribution is 2.33. The Hall–Kier alpha value is -0.860. The van der Waals surface area contributed by atoms with Crippen molar-refractivity contribution in [1.29, 1.82) is 0 Å². The molecule has 3 rings (SSSR count). The third kappa shape index (κ3) is 3.62. The zero-order valence-electron chi connectivity index (χ0n) is 12.4. The van der Waals surface area contributed by atoms with Crippen LogP contribution in [-0.4, -0.2) is 25.3 Å². The molecule has 0 aromatic heterocycles. The lowest BCUT2D eigenvalue weighted by molar-refractivity contribution is 0.102. The Morgan fingerprint density at radius 1 is 1.00 bits per heavy atom. The van der Waals surface area contributed by atoms with E-state index in [1.165, 1.54) is 50.5 Å². The Morgan fingerprint density at radius 2 is 1.85 bits per heavy atom. The van der Waals surface area contributed by atoms with Crippen LogP contribution < -0.4 is 5.32 Å². The molecule has 3 unspecified atom stereocenters. The first kappa shape index (κ1) is 14.1. The number of benzene rings is 1. The molecule has 2 nitrogen and oxygen atoms in total. The van der Waals surface area contributed by atoms with Gasteiger partial charge in [0.25, 0.3) is 0 Å². The van der Waals surface area contributed by atoms with E-state index in [1.54, 1.807) is 0 Å². The van der Waals surface area contributed by atoms with Crippen molar-refractivity contribution in [3.8, 4) is 0 Å². The van der Waals surface area contributed by atoms with Crippen LogP contribution in [0.25, 0.3) is 0 Å². The summed E-state index contributed by atoms with van der Waals surface area (Å²) in [5, 5.41) is 3.82. The normalized spacial score (nSPS) is 30.5. The van der Waals surface area contributed by atoms with Gasteiger partial charge in [0.2, 0.25) is 0 Å². The number of rotatable bonds is 5. The van der Waals surface area contributed by atoms with E-state index < -0.39 is 0 Å². The van der Waals surface area contributed by atoms with Crippen molar-refractivity contribution < 1.29 is 4.74 Å². The van der Waals surface area contributed by atoms with Crippen molar-refractivity contribution in [2.75, 3.05) is 13.2 Å². The number of hydrogen-bond donors (Lipinski definition) is 1. The van der Waals surface area contributed by atoms with Crippen LogP contribution in [0.1, 0.15) is 56.4 Å². The average Bonchev–Trinajstić information content (AvgIpc) is 3.02. The van der Waals surface area contributed by atoms with Crippen molar-refractivity contribution in [2.45, 2.75) is 63.0 Å². The van der Waals surface area contributed by atoms with Gasteiger partial charge in [-0.05, 0) is 50.1 Å². The Kier molecular flexibility index (Phi) is 5.10. The summed E-state index contributed by atoms with van der Waals surface area (Å²) >= 11 is 0. The van der Waals surface area contributed by atoms with E-state index in [0.717, 1.165) is 13.2 Å². The van der Waals surface area contributed by atoms with Crippen molar-refractivity contribution in [3.05, 3.63) is 35.9 Å². The molecule has 1 N–H and O–H groups in total. The molecule has 1 aliphatic heterocycles. The Balaban J connectivity index is 1.52. The van der Waals surface area contributed by atoms with Gasteiger partial charge in [0.05, 0.1) is 6.10 Å². The molecular formula is C18H27NO. The summed E-state index contributed by atoms with van der Waals surface area (Å²) in [6.07, 6.45) is 9.62. The smallest absolute Gasteiger partial charge is 0.0588 e. The van der Waals surface area contributed by atoms with Gasteiger partial charge < -0.3 is 10.1 Å². The molecule has 110 valence electrons. The quantitative estimate of drug-likeness (QED) is 0.879. The van der Waals surface area contributed by atoms with Crippen LogP contribution in [0, 0.1) is 0 Å². The van der Waals surface area contributed by atoms with Crippen LogP contribution in [0.4, 0.5) is 0 Å². The van der Waals surface area contributed by atoms with Crippen LogP contribution >= 0.6 is 0 Å². The fraction of sp³-hybridized carbons (Fsp3) is 0.667. The van der Waals surface area contributed by atoms with Crippen LogP contribution in [0.15, 0.2) is 30.3 Å². The maximum Gasteiger partial charge on any atom is 0.0588 e. The minimum atomic E-state index is 0.515. The first-order chi connectivity index (χ1) is 9.93. The van der Waals surface area contributed by atoms with Gasteiger partial charge in [0.1, 0.15) is 0 Å². The third-order valence-corrected chi connectivity index (χ3v) is 4.89. The highest BCUT2D eigenvalue weighted by Gasteiger charge is 2.26. The maximum absolute atomic E-state index is 5.71. The SMILES string of the molecule is c1ccc(C2CCCCC2NCCC2CCCO2)cc1. The largest absolute Gasteiger partial charge is 0.378 e. The second kappa shape index (κ2) is 7.24. The topological polar surface area (TPSA) is 21.3 Å². The second-order valence-corrected chi connectivity index (χ2v) is 6.29. The van der Waals surface area contributed by atoms with Crippen molar-refractivity contribution in [3.63, 3.8) is 0 Å². The standard InChI is InChI=1S/C18H27NO/c1-2-7-15(8-3-1)17-10-4-5-11-18(17)19-13-12-16-9-6-14-20-16/h1-3,7-8,16-19H,4-6,9-14H2. The van der Waals surface area contributed by atoms with Gasteiger partial charge in [-0.25, -0.2) is 0 Å². The number of hydrogen-bond acceptors (Lipinski definition) is 2. The zero-order chi connectivity index (χ0) is 13.6. The Bertz CT molecular complexity index is 386. The molecular weight excluding hydrogens is 246 g/mol. The molecule has 2 fully saturated rings. The second-order valence-electron chi connectivity index (χ2n) is 6.29. The molecule has 0 radical (unpaired) electrons. The summed E-state index contributed by atoms with van der Waals surface area (Å²) in [5.41, 5.74) is 1.52. The van der Waals surface area contributed by atoms with Gasteiger partial charge in [0.15, 0.2) is 0 Å². The molecule has 0 bridgehead atoms. The summed E-state index contributed by atoms with van der Waals surface area (Å²) in [5.74, 6) is 0.703. The maximum atomic E-state index is 5.71. The van der Waals surface area contributed by atoms with Crippen molar-refractivity contribution >= 4 is 0 Å². The van der Waals surface area contributed by atoms with E-state index in [9.17, 15) is 0 Å². The molecule has 0 amide bonds. The summed E-state index contributed by atoms with van der Waals surface area (Å²) in [6.45, 7) is 2.08. The summed E-state index contributed by atoms with van der Waals surface area (Å²) in [6, 6.07) is 11.7. The fourth-order valence-electron chi connectivity index (χ4n) is 3.78. The molecule has 3 atom stereocenters. The minimum absolute atomic E-state index is 0.515. The van der Waals surface area contributed by atoms with E-state index in [1.807, 2.05) is 0 Å². The van der Waals surface area contributed by atoms with Crippen molar-refractivity contribution in [2.24, 2.45) is 0 Å². The predicted octanol–water partition coefficient (Wildman–Crippen LogP) is 3.87. The Labute approximate surface area is 122 Å². The summed E-state index contributed by atoms with van der Waals surface area (Å²) in [4.78, 5) is 0. The lowest BCUT2D eigenvalue weighted by Gasteiger charge is -2.33. The molecule has 1 aliphatic carbocycles. The van der Waals surface area contributed by atoms with E-state index in [4.69, 9.17) is 4.74 Å². The van der Waals surface area contributed by atoms with Crippen LogP contribution in [0.2, 0.25) is 0 Å². The fourth-order valence-corrected chi connectivity index (χ4v) is 3.78. The minimum Gasteiger partial charge on any atom is -0.378 e. The monoisotopic (exact) mass is 273 g/mol. The van der Waals surface area contributed by atoms with Crippen LogP contribution in [0.3, 0.4) is 0 Å². The molecule has 1 saturated carbocycles. The van der Waals surface area contributed by atoms with Crippen molar-refractivity contribution in [1.82, 2.24) is 5.32 Å². The predicted molar refractivity (Wildman–Crippen MR) is 83.0 cm³/mol. The van der Waals surface area contributed by atoms with Gasteiger partial charge in [0, 0.05) is 12.6 Å². The molecule has 20 heavy (non-hydrogen) atoms. The van der Waals surface area contributed by atoms with Crippen LogP contribution in [0.5, 0.6) is 0 Å². The lowest BCUT2D eigenvalue weighted by atomic mass is 9.80. The lowest BCUT2D eigenvalue weighted by Crippen LogP contribution is -2.38. The van der Waals surface area contributed by atoms with E-state index in [2.05, 4.69) is 35.6 Å². The third-order valence-electron chi connectivity index (χ3n) is 4.89. The molecule has 0 spiro atoms. The van der Waals surface area contributed by atoms with E-state index in [-0.39, 0.29) is 0 Å². The first-order valence-corrected chi connectivity index (χ1v) is 8.33. The summed E-state index contributed by atoms with van der Waals surface area (Å²) < 4.78 is 5.71. The van der Waals surface area contributed by atoms with Gasteiger partial charge in [-0.2, -0.15) is 0 Å². The average molecular weight is 273 g/mol. The van der Waals surface area contributed by atoms with Gasteiger partial charge in [-0.15, -0.1) is 0 Å². The molecule has 1 saturated heterocycles. The molecule has 1 aromatic rings. The molecule has 1 aromatic carbocycles. The number of nitrogens with one attached hydrogen (secondary N) is 1. The molecule has 2 aliphatic rings. The molecule has 1 heterocycles. The van der Waals surface area contributed by atoms with E-state index in [0.29, 0.717) is 18.1 Å². The molecule has 2 heteroatoms. The highest BCUT2D eigenvalue weighted by molar-refractivity contribution is 5.21.